The number of imidazole rings is 1. The molecule has 1 aliphatic rings. The maximum absolute atomic E-state index is 8.31. The second-order valence-electron chi connectivity index (χ2n) is 6.76. The predicted octanol–water partition coefficient (Wildman–Crippen LogP) is 3.58. The smallest absolute Gasteiger partial charge is 0.121 e. The van der Waals surface area contributed by atoms with E-state index in [1.807, 2.05) is 0 Å². The van der Waals surface area contributed by atoms with Crippen LogP contribution in [0, 0.1) is 0 Å². The Bertz CT molecular complexity index is 1100. The van der Waals surface area contributed by atoms with Crippen LogP contribution < -0.4 is 5.73 Å². The minimum absolute atomic E-state index is 0.0641. The highest BCUT2D eigenvalue weighted by molar-refractivity contribution is 5.74. The number of nitrogens with one attached hydrogen (secondary N) is 1. The monoisotopic (exact) mass is 354 g/mol. The fourth-order valence-electron chi connectivity index (χ4n) is 3.71. The third-order valence-corrected chi connectivity index (χ3v) is 4.97. The van der Waals surface area contributed by atoms with Crippen LogP contribution in [0.1, 0.15) is 55.7 Å². The van der Waals surface area contributed by atoms with Crippen LogP contribution in [0.15, 0.2) is 42.5 Å². The Labute approximate surface area is 161 Å². The highest BCUT2D eigenvalue weighted by atomic mass is 15.2. The molecular weight excluding hydrogens is 322 g/mol. The first-order valence-electron chi connectivity index (χ1n) is 11.8. The maximum Gasteiger partial charge on any atom is 0.121 e. The van der Waals surface area contributed by atoms with Crippen molar-refractivity contribution in [3.8, 4) is 0 Å². The summed E-state index contributed by atoms with van der Waals surface area (Å²) in [6, 6.07) is 3.60. The van der Waals surface area contributed by atoms with Crippen molar-refractivity contribution < 1.29 is 6.85 Å². The molecule has 0 radical (unpaired) electrons. The maximum atomic E-state index is 8.31. The van der Waals surface area contributed by atoms with Gasteiger partial charge in [0.25, 0.3) is 0 Å². The second kappa shape index (κ2) is 7.98. The molecule has 1 aromatic carbocycles. The van der Waals surface area contributed by atoms with Crippen LogP contribution in [0.5, 0.6) is 0 Å². The van der Waals surface area contributed by atoms with Gasteiger partial charge in [-0.25, -0.2) is 4.98 Å². The number of rotatable bonds is 7. The van der Waals surface area contributed by atoms with Gasteiger partial charge in [-0.15, -0.1) is 0 Å². The topological polar surface area (TPSA) is 70.8 Å². The SMILES string of the molecule is [2H]c1cc([2H])c2[nH]c(CN(CCCCN)[C@H]3CCCc4c3nc([2H])c([2H])c4[2H])nc2c1. The molecule has 5 nitrogen and oxygen atoms in total. The number of aromatic nitrogens is 3. The molecule has 0 spiro atoms. The Morgan fingerprint density at radius 1 is 1.31 bits per heavy atom. The number of aromatic amines is 1. The molecule has 0 saturated carbocycles. The van der Waals surface area contributed by atoms with Crippen LogP contribution in [-0.2, 0) is 13.0 Å². The van der Waals surface area contributed by atoms with Gasteiger partial charge in [-0.05, 0) is 68.9 Å². The number of H-pyrrole nitrogens is 1. The minimum Gasteiger partial charge on any atom is -0.341 e. The van der Waals surface area contributed by atoms with E-state index in [9.17, 15) is 0 Å². The van der Waals surface area contributed by atoms with E-state index in [4.69, 9.17) is 12.6 Å². The Hall–Kier alpha value is -2.24. The zero-order valence-electron chi connectivity index (χ0n) is 19.8. The first kappa shape index (κ1) is 12.2. The summed E-state index contributed by atoms with van der Waals surface area (Å²) in [5, 5.41) is 0. The lowest BCUT2D eigenvalue weighted by atomic mass is 9.90. The summed E-state index contributed by atoms with van der Waals surface area (Å²) in [7, 11) is 0. The summed E-state index contributed by atoms with van der Waals surface area (Å²) < 4.78 is 40.2. The highest BCUT2D eigenvalue weighted by Crippen LogP contribution is 2.33. The molecule has 5 heteroatoms. The van der Waals surface area contributed by atoms with Gasteiger partial charge in [0.1, 0.15) is 5.82 Å². The van der Waals surface area contributed by atoms with Crippen LogP contribution >= 0.6 is 0 Å². The molecule has 4 rings (SSSR count). The Balaban J connectivity index is 1.69. The van der Waals surface area contributed by atoms with Crippen molar-refractivity contribution in [1.82, 2.24) is 19.9 Å². The highest BCUT2D eigenvalue weighted by Gasteiger charge is 2.27. The van der Waals surface area contributed by atoms with E-state index in [2.05, 4.69) is 19.9 Å². The van der Waals surface area contributed by atoms with E-state index >= 15 is 0 Å². The van der Waals surface area contributed by atoms with Crippen molar-refractivity contribution in [2.24, 2.45) is 5.73 Å². The normalized spacial score (nSPS) is 19.6. The Kier molecular flexibility index (Phi) is 3.74. The molecule has 0 aliphatic heterocycles. The number of fused-ring (bicyclic) bond motifs is 2. The molecule has 26 heavy (non-hydrogen) atoms. The van der Waals surface area contributed by atoms with Crippen molar-refractivity contribution in [2.75, 3.05) is 13.1 Å². The number of nitrogens with two attached hydrogens (primary N) is 1. The van der Waals surface area contributed by atoms with Crippen LogP contribution in [0.3, 0.4) is 0 Å². The van der Waals surface area contributed by atoms with Gasteiger partial charge in [-0.1, -0.05) is 18.2 Å². The average Bonchev–Trinajstić information content (AvgIpc) is 3.14. The Morgan fingerprint density at radius 2 is 2.27 bits per heavy atom. The van der Waals surface area contributed by atoms with E-state index in [1.165, 1.54) is 6.07 Å². The summed E-state index contributed by atoms with van der Waals surface area (Å²) in [4.78, 5) is 14.5. The van der Waals surface area contributed by atoms with Crippen molar-refractivity contribution in [3.63, 3.8) is 0 Å². The van der Waals surface area contributed by atoms with E-state index in [-0.39, 0.29) is 36.4 Å². The van der Waals surface area contributed by atoms with Gasteiger partial charge in [0.15, 0.2) is 0 Å². The van der Waals surface area contributed by atoms with Gasteiger partial charge >= 0.3 is 0 Å². The fraction of sp³-hybridized carbons (Fsp3) is 0.429. The molecule has 0 saturated heterocycles. The van der Waals surface area contributed by atoms with Gasteiger partial charge in [0.05, 0.1) is 36.2 Å². The van der Waals surface area contributed by atoms with E-state index in [0.29, 0.717) is 36.4 Å². The van der Waals surface area contributed by atoms with Crippen LogP contribution in [0.4, 0.5) is 0 Å². The van der Waals surface area contributed by atoms with Crippen molar-refractivity contribution in [1.29, 1.82) is 0 Å². The summed E-state index contributed by atoms with van der Waals surface area (Å²) in [6.07, 6.45) is 4.11. The van der Waals surface area contributed by atoms with Gasteiger partial charge in [-0.3, -0.25) is 9.88 Å². The van der Waals surface area contributed by atoms with Crippen molar-refractivity contribution >= 4 is 11.0 Å². The third-order valence-electron chi connectivity index (χ3n) is 4.97. The molecule has 2 aromatic heterocycles. The molecule has 136 valence electrons. The van der Waals surface area contributed by atoms with Gasteiger partial charge in [-0.2, -0.15) is 0 Å². The number of pyridine rings is 1. The number of nitrogens with zero attached hydrogens (tertiary/aromatic N) is 3. The number of para-hydroxylation sites is 2. The third kappa shape index (κ3) is 3.64. The molecule has 3 N–H and O–H groups in total. The summed E-state index contributed by atoms with van der Waals surface area (Å²) in [6.45, 7) is 1.88. The molecule has 1 atom stereocenters. The number of hydrogen-bond acceptors (Lipinski definition) is 4. The summed E-state index contributed by atoms with van der Waals surface area (Å²) >= 11 is 0. The molecule has 0 amide bonds. The molecule has 0 bridgehead atoms. The quantitative estimate of drug-likeness (QED) is 0.636. The zero-order chi connectivity index (χ0) is 22.1. The van der Waals surface area contributed by atoms with Crippen molar-refractivity contribution in [3.05, 3.63) is 59.6 Å². The first-order valence-corrected chi connectivity index (χ1v) is 9.25. The van der Waals surface area contributed by atoms with Crippen LogP contribution in [-0.4, -0.2) is 32.9 Å². The number of benzene rings is 1. The standard InChI is InChI=1S/C21H27N5/c22-12-3-4-14-26(15-20-24-17-9-1-2-10-18(17)25-20)19-11-5-7-16-8-6-13-23-21(16)19/h1-2,6,8-10,13,19H,3-5,7,11-12,14-15,22H2,(H,24,25)/t19-/m0/s1/i1D,6D,8D,10D,13D. The van der Waals surface area contributed by atoms with Crippen molar-refractivity contribution in [2.45, 2.75) is 44.7 Å². The Morgan fingerprint density at radius 3 is 3.19 bits per heavy atom. The predicted molar refractivity (Wildman–Crippen MR) is 105 cm³/mol. The largest absolute Gasteiger partial charge is 0.341 e. The minimum atomic E-state index is -0.150. The lowest BCUT2D eigenvalue weighted by Crippen LogP contribution is -2.33. The average molecular weight is 355 g/mol. The summed E-state index contributed by atoms with van der Waals surface area (Å²) in [5.41, 5.74) is 8.44. The van der Waals surface area contributed by atoms with Gasteiger partial charge < -0.3 is 10.7 Å². The molecule has 3 aromatic rings. The van der Waals surface area contributed by atoms with E-state index in [1.54, 1.807) is 6.07 Å². The van der Waals surface area contributed by atoms with Gasteiger partial charge in [0, 0.05) is 6.17 Å². The van der Waals surface area contributed by atoms with E-state index in [0.717, 1.165) is 43.5 Å². The van der Waals surface area contributed by atoms with E-state index < -0.39 is 0 Å². The van der Waals surface area contributed by atoms with Crippen LogP contribution in [0.2, 0.25) is 0 Å². The second-order valence-corrected chi connectivity index (χ2v) is 6.76. The molecule has 1 aliphatic carbocycles. The lowest BCUT2D eigenvalue weighted by molar-refractivity contribution is 0.159. The number of hydrogen-bond donors (Lipinski definition) is 2. The fourth-order valence-corrected chi connectivity index (χ4v) is 3.71. The molecule has 0 fully saturated rings. The van der Waals surface area contributed by atoms with Gasteiger partial charge in [0.2, 0.25) is 0 Å². The molecule has 2 heterocycles. The molecular formula is C21H27N5. The van der Waals surface area contributed by atoms with Crippen LogP contribution in [0.25, 0.3) is 11.0 Å². The summed E-state index contributed by atoms with van der Waals surface area (Å²) in [5.74, 6) is 0.711. The first-order chi connectivity index (χ1) is 14.9. The lowest BCUT2D eigenvalue weighted by Gasteiger charge is -2.34. The zero-order valence-corrected chi connectivity index (χ0v) is 14.8. The number of unbranched alkanes of at least 4 members (excludes halogenated alkanes) is 1. The molecule has 0 unspecified atom stereocenters.